The molecule has 0 radical (unpaired) electrons. The number of aliphatic hydroxyl groups excluding tert-OH is 1. The molecule has 2 N–H and O–H groups in total. The van der Waals surface area contributed by atoms with Crippen LogP contribution in [0.25, 0.3) is 0 Å². The highest BCUT2D eigenvalue weighted by atomic mass is 16.3. The largest absolute Gasteiger partial charge is 0.387 e. The van der Waals surface area contributed by atoms with Crippen LogP contribution in [0.2, 0.25) is 0 Å². The summed E-state index contributed by atoms with van der Waals surface area (Å²) in [6.45, 7) is 1.74. The van der Waals surface area contributed by atoms with E-state index < -0.39 is 6.10 Å². The molecule has 2 aromatic rings. The van der Waals surface area contributed by atoms with Gasteiger partial charge in [-0.3, -0.25) is 9.78 Å². The molecule has 1 fully saturated rings. The molecule has 1 aliphatic rings. The van der Waals surface area contributed by atoms with E-state index in [9.17, 15) is 9.90 Å². The summed E-state index contributed by atoms with van der Waals surface area (Å²) >= 11 is 0. The number of nitrogens with zero attached hydrogens (tertiary/aromatic N) is 3. The Balaban J connectivity index is 1.53. The number of hydrogen-bond acceptors (Lipinski definition) is 5. The highest BCUT2D eigenvalue weighted by molar-refractivity contribution is 5.79. The minimum Gasteiger partial charge on any atom is -0.387 e. The Kier molecular flexibility index (Phi) is 5.38. The molecule has 1 aromatic carbocycles. The lowest BCUT2D eigenvalue weighted by atomic mass is 9.97. The van der Waals surface area contributed by atoms with Gasteiger partial charge in [0.15, 0.2) is 0 Å². The van der Waals surface area contributed by atoms with Crippen molar-refractivity contribution in [1.29, 1.82) is 0 Å². The molecule has 1 aliphatic heterocycles. The van der Waals surface area contributed by atoms with Crippen LogP contribution in [0.3, 0.4) is 0 Å². The van der Waals surface area contributed by atoms with E-state index in [1.807, 2.05) is 30.3 Å². The summed E-state index contributed by atoms with van der Waals surface area (Å²) in [6.07, 6.45) is 6.13. The minimum atomic E-state index is -0.685. The number of amides is 1. The Morgan fingerprint density at radius 3 is 2.92 bits per heavy atom. The van der Waals surface area contributed by atoms with Crippen molar-refractivity contribution >= 4 is 11.7 Å². The molecule has 3 rings (SSSR count). The molecule has 1 aromatic heterocycles. The first-order valence-corrected chi connectivity index (χ1v) is 8.25. The molecular formula is C18H22N4O2. The zero-order valence-electron chi connectivity index (χ0n) is 13.5. The van der Waals surface area contributed by atoms with Gasteiger partial charge in [0.05, 0.1) is 18.2 Å². The first kappa shape index (κ1) is 16.4. The second kappa shape index (κ2) is 7.88. The molecule has 1 amide bonds. The number of carbonyl (C=O) groups is 1. The molecule has 0 saturated carbocycles. The van der Waals surface area contributed by atoms with Crippen molar-refractivity contribution in [2.45, 2.75) is 18.9 Å². The van der Waals surface area contributed by atoms with Crippen molar-refractivity contribution in [3.05, 3.63) is 54.5 Å². The average molecular weight is 326 g/mol. The molecule has 0 aliphatic carbocycles. The molecule has 126 valence electrons. The first-order valence-electron chi connectivity index (χ1n) is 8.25. The number of benzene rings is 1. The van der Waals surface area contributed by atoms with E-state index in [0.717, 1.165) is 30.8 Å². The topological polar surface area (TPSA) is 78.4 Å². The van der Waals surface area contributed by atoms with Gasteiger partial charge in [0, 0.05) is 32.0 Å². The Morgan fingerprint density at radius 1 is 1.33 bits per heavy atom. The standard InChI is InChI=1S/C18H22N4O2/c23-16(14-5-2-1-3-6-14)11-21-18(24)15-7-4-10-22(13-15)17-12-19-8-9-20-17/h1-3,5-6,8-9,12,15-16,23H,4,7,10-11,13H2,(H,21,24). The number of hydrogen-bond donors (Lipinski definition) is 2. The second-order valence-corrected chi connectivity index (χ2v) is 6.02. The van der Waals surface area contributed by atoms with Gasteiger partial charge in [0.25, 0.3) is 0 Å². The Hall–Kier alpha value is -2.47. The summed E-state index contributed by atoms with van der Waals surface area (Å²) in [7, 11) is 0. The summed E-state index contributed by atoms with van der Waals surface area (Å²) < 4.78 is 0. The van der Waals surface area contributed by atoms with Crippen LogP contribution in [0.5, 0.6) is 0 Å². The Morgan fingerprint density at radius 2 is 2.17 bits per heavy atom. The molecule has 2 atom stereocenters. The van der Waals surface area contributed by atoms with Crippen LogP contribution >= 0.6 is 0 Å². The summed E-state index contributed by atoms with van der Waals surface area (Å²) in [5.41, 5.74) is 0.808. The fraction of sp³-hybridized carbons (Fsp3) is 0.389. The lowest BCUT2D eigenvalue weighted by Crippen LogP contribution is -2.44. The zero-order chi connectivity index (χ0) is 16.8. The van der Waals surface area contributed by atoms with Crippen LogP contribution in [-0.2, 0) is 4.79 Å². The highest BCUT2D eigenvalue weighted by Gasteiger charge is 2.26. The van der Waals surface area contributed by atoms with Crippen LogP contribution in [0, 0.1) is 5.92 Å². The number of rotatable bonds is 5. The van der Waals surface area contributed by atoms with E-state index in [4.69, 9.17) is 0 Å². The van der Waals surface area contributed by atoms with Gasteiger partial charge in [0.1, 0.15) is 5.82 Å². The molecular weight excluding hydrogens is 304 g/mol. The van der Waals surface area contributed by atoms with Crippen molar-refractivity contribution in [2.24, 2.45) is 5.92 Å². The molecule has 0 bridgehead atoms. The van der Waals surface area contributed by atoms with E-state index in [1.165, 1.54) is 0 Å². The number of aliphatic hydroxyl groups is 1. The SMILES string of the molecule is O=C(NCC(O)c1ccccc1)C1CCCN(c2cnccn2)C1. The first-order chi connectivity index (χ1) is 11.7. The number of nitrogens with one attached hydrogen (secondary N) is 1. The van der Waals surface area contributed by atoms with Crippen LogP contribution in [0.15, 0.2) is 48.9 Å². The van der Waals surface area contributed by atoms with E-state index in [2.05, 4.69) is 20.2 Å². The maximum absolute atomic E-state index is 12.4. The van der Waals surface area contributed by atoms with Crippen molar-refractivity contribution in [2.75, 3.05) is 24.5 Å². The van der Waals surface area contributed by atoms with Crippen molar-refractivity contribution in [1.82, 2.24) is 15.3 Å². The van der Waals surface area contributed by atoms with Crippen molar-refractivity contribution < 1.29 is 9.90 Å². The van der Waals surface area contributed by atoms with E-state index in [-0.39, 0.29) is 18.4 Å². The number of carbonyl (C=O) groups excluding carboxylic acids is 1. The average Bonchev–Trinajstić information content (AvgIpc) is 2.67. The van der Waals surface area contributed by atoms with E-state index >= 15 is 0 Å². The quantitative estimate of drug-likeness (QED) is 0.871. The maximum atomic E-state index is 12.4. The zero-order valence-corrected chi connectivity index (χ0v) is 13.5. The third-order valence-electron chi connectivity index (χ3n) is 4.32. The molecule has 0 spiro atoms. The lowest BCUT2D eigenvalue weighted by Gasteiger charge is -2.32. The van der Waals surface area contributed by atoms with Crippen molar-refractivity contribution in [3.63, 3.8) is 0 Å². The smallest absolute Gasteiger partial charge is 0.225 e. The third-order valence-corrected chi connectivity index (χ3v) is 4.32. The van der Waals surface area contributed by atoms with Gasteiger partial charge in [-0.15, -0.1) is 0 Å². The van der Waals surface area contributed by atoms with Crippen LogP contribution in [0.1, 0.15) is 24.5 Å². The monoisotopic (exact) mass is 326 g/mol. The third kappa shape index (κ3) is 4.08. The summed E-state index contributed by atoms with van der Waals surface area (Å²) in [6, 6.07) is 9.36. The van der Waals surface area contributed by atoms with Gasteiger partial charge in [-0.25, -0.2) is 4.98 Å². The molecule has 24 heavy (non-hydrogen) atoms. The molecule has 2 heterocycles. The fourth-order valence-electron chi connectivity index (χ4n) is 2.99. The predicted octanol–water partition coefficient (Wildman–Crippen LogP) is 1.54. The summed E-state index contributed by atoms with van der Waals surface area (Å²) in [4.78, 5) is 22.9. The van der Waals surface area contributed by atoms with Gasteiger partial charge in [-0.1, -0.05) is 30.3 Å². The predicted molar refractivity (Wildman–Crippen MR) is 91.4 cm³/mol. The van der Waals surface area contributed by atoms with Crippen molar-refractivity contribution in [3.8, 4) is 0 Å². The van der Waals surface area contributed by atoms with E-state index in [0.29, 0.717) is 6.54 Å². The summed E-state index contributed by atoms with van der Waals surface area (Å²) in [5.74, 6) is 0.696. The van der Waals surface area contributed by atoms with Gasteiger partial charge < -0.3 is 15.3 Å². The highest BCUT2D eigenvalue weighted by Crippen LogP contribution is 2.21. The van der Waals surface area contributed by atoms with Crippen LogP contribution < -0.4 is 10.2 Å². The number of piperidine rings is 1. The molecule has 6 nitrogen and oxygen atoms in total. The van der Waals surface area contributed by atoms with Crippen LogP contribution in [0.4, 0.5) is 5.82 Å². The Labute approximate surface area is 141 Å². The number of aromatic nitrogens is 2. The molecule has 2 unspecified atom stereocenters. The minimum absolute atomic E-state index is 0.0152. The lowest BCUT2D eigenvalue weighted by molar-refractivity contribution is -0.125. The second-order valence-electron chi connectivity index (χ2n) is 6.02. The van der Waals surface area contributed by atoms with Gasteiger partial charge in [-0.2, -0.15) is 0 Å². The summed E-state index contributed by atoms with van der Waals surface area (Å²) in [5, 5.41) is 13.0. The van der Waals surface area contributed by atoms with Gasteiger partial charge >= 0.3 is 0 Å². The van der Waals surface area contributed by atoms with Crippen LogP contribution in [-0.4, -0.2) is 40.6 Å². The van der Waals surface area contributed by atoms with Gasteiger partial charge in [0.2, 0.25) is 5.91 Å². The number of anilines is 1. The Bertz CT molecular complexity index is 651. The van der Waals surface area contributed by atoms with E-state index in [1.54, 1.807) is 18.6 Å². The normalized spacial score (nSPS) is 18.9. The molecule has 6 heteroatoms. The maximum Gasteiger partial charge on any atom is 0.225 e. The molecule has 1 saturated heterocycles. The fourth-order valence-corrected chi connectivity index (χ4v) is 2.99. The van der Waals surface area contributed by atoms with Gasteiger partial charge in [-0.05, 0) is 18.4 Å².